The number of rotatable bonds is 1. The maximum atomic E-state index is 11.6. The molecular formula is C12H21NO4. The number of alkyl carbamates (subject to hydrolysis) is 1. The Morgan fingerprint density at radius 2 is 2.12 bits per heavy atom. The maximum Gasteiger partial charge on any atom is 0.407 e. The number of nitrogens with one attached hydrogen (secondary N) is 1. The molecule has 1 saturated heterocycles. The van der Waals surface area contributed by atoms with Gasteiger partial charge in [0.05, 0.1) is 24.9 Å². The summed E-state index contributed by atoms with van der Waals surface area (Å²) in [6, 6.07) is -0.0352. The fraction of sp³-hybridized carbons (Fsp3) is 0.917. The van der Waals surface area contributed by atoms with Crippen molar-refractivity contribution in [3.05, 3.63) is 0 Å². The number of hydrogen-bond donors (Lipinski definition) is 2. The lowest BCUT2D eigenvalue weighted by Crippen LogP contribution is -2.43. The highest BCUT2D eigenvalue weighted by molar-refractivity contribution is 5.68. The van der Waals surface area contributed by atoms with Crippen LogP contribution in [0.25, 0.3) is 0 Å². The second kappa shape index (κ2) is 4.46. The van der Waals surface area contributed by atoms with Crippen molar-refractivity contribution in [1.29, 1.82) is 0 Å². The summed E-state index contributed by atoms with van der Waals surface area (Å²) in [6.07, 6.45) is 0.758. The minimum Gasteiger partial charge on any atom is -0.444 e. The van der Waals surface area contributed by atoms with Crippen LogP contribution in [0, 0.1) is 5.92 Å². The molecular weight excluding hydrogens is 222 g/mol. The van der Waals surface area contributed by atoms with Gasteiger partial charge < -0.3 is 19.9 Å². The SMILES string of the molecule is CC(C)(C)OC(=O)N[C@@H]1CO[C@@H]2C[C@H](O)C[C@H]12. The highest BCUT2D eigenvalue weighted by Gasteiger charge is 2.45. The van der Waals surface area contributed by atoms with E-state index in [0.717, 1.165) is 0 Å². The fourth-order valence-corrected chi connectivity index (χ4v) is 2.58. The predicted octanol–water partition coefficient (Wildman–Crippen LogP) is 1.05. The van der Waals surface area contributed by atoms with Crippen molar-refractivity contribution in [2.45, 2.75) is 57.5 Å². The number of aliphatic hydroxyl groups excluding tert-OH is 1. The van der Waals surface area contributed by atoms with E-state index in [4.69, 9.17) is 9.47 Å². The Balaban J connectivity index is 1.86. The van der Waals surface area contributed by atoms with E-state index in [0.29, 0.717) is 19.4 Å². The first-order chi connectivity index (χ1) is 7.85. The van der Waals surface area contributed by atoms with Crippen LogP contribution in [0.2, 0.25) is 0 Å². The van der Waals surface area contributed by atoms with Crippen molar-refractivity contribution in [2.24, 2.45) is 5.92 Å². The van der Waals surface area contributed by atoms with Gasteiger partial charge in [0.25, 0.3) is 0 Å². The fourth-order valence-electron chi connectivity index (χ4n) is 2.58. The second-order valence-corrected chi connectivity index (χ2v) is 5.91. The zero-order valence-electron chi connectivity index (χ0n) is 10.6. The lowest BCUT2D eigenvalue weighted by atomic mass is 10.00. The van der Waals surface area contributed by atoms with Crippen LogP contribution in [0.3, 0.4) is 0 Å². The number of carbonyl (C=O) groups excluding carboxylic acids is 1. The van der Waals surface area contributed by atoms with Crippen molar-refractivity contribution < 1.29 is 19.4 Å². The molecule has 5 nitrogen and oxygen atoms in total. The van der Waals surface area contributed by atoms with Crippen LogP contribution in [0.1, 0.15) is 33.6 Å². The van der Waals surface area contributed by atoms with E-state index in [9.17, 15) is 9.90 Å². The Labute approximate surface area is 101 Å². The number of aliphatic hydroxyl groups is 1. The molecule has 2 N–H and O–H groups in total. The van der Waals surface area contributed by atoms with Crippen LogP contribution < -0.4 is 5.32 Å². The molecule has 4 atom stereocenters. The monoisotopic (exact) mass is 243 g/mol. The van der Waals surface area contributed by atoms with Crippen LogP contribution in [-0.4, -0.2) is 41.7 Å². The highest BCUT2D eigenvalue weighted by Crippen LogP contribution is 2.36. The zero-order valence-corrected chi connectivity index (χ0v) is 10.6. The molecule has 5 heteroatoms. The van der Waals surface area contributed by atoms with Gasteiger partial charge in [-0.2, -0.15) is 0 Å². The molecule has 0 unspecified atom stereocenters. The number of amides is 1. The largest absolute Gasteiger partial charge is 0.444 e. The Morgan fingerprint density at radius 3 is 2.76 bits per heavy atom. The maximum absolute atomic E-state index is 11.6. The first-order valence-electron chi connectivity index (χ1n) is 6.14. The summed E-state index contributed by atoms with van der Waals surface area (Å²) in [4.78, 5) is 11.6. The standard InChI is InChI=1S/C12H21NO4/c1-12(2,3)17-11(15)13-9-6-16-10-5-7(14)4-8(9)10/h7-10,14H,4-6H2,1-3H3,(H,13,15)/t7-,8-,9-,10-/m1/s1. The van der Waals surface area contributed by atoms with Crippen molar-refractivity contribution in [3.8, 4) is 0 Å². The lowest BCUT2D eigenvalue weighted by Gasteiger charge is -2.23. The third kappa shape index (κ3) is 3.10. The van der Waals surface area contributed by atoms with E-state index < -0.39 is 11.7 Å². The molecule has 0 spiro atoms. The summed E-state index contributed by atoms with van der Waals surface area (Å²) in [6.45, 7) is 6.01. The normalized spacial score (nSPS) is 36.7. The Hall–Kier alpha value is -0.810. The third-order valence-electron chi connectivity index (χ3n) is 3.23. The number of fused-ring (bicyclic) bond motifs is 1. The number of carbonyl (C=O) groups is 1. The van der Waals surface area contributed by atoms with Crippen LogP contribution in [0.5, 0.6) is 0 Å². The van der Waals surface area contributed by atoms with Crippen molar-refractivity contribution >= 4 is 6.09 Å². The molecule has 98 valence electrons. The molecule has 1 saturated carbocycles. The smallest absolute Gasteiger partial charge is 0.407 e. The molecule has 1 heterocycles. The predicted molar refractivity (Wildman–Crippen MR) is 61.6 cm³/mol. The summed E-state index contributed by atoms with van der Waals surface area (Å²) in [5.41, 5.74) is -0.488. The molecule has 0 aromatic carbocycles. The van der Waals surface area contributed by atoms with Gasteiger partial charge >= 0.3 is 6.09 Å². The van der Waals surface area contributed by atoms with Gasteiger partial charge in [-0.3, -0.25) is 0 Å². The van der Waals surface area contributed by atoms with Crippen LogP contribution in [0.4, 0.5) is 4.79 Å². The molecule has 0 radical (unpaired) electrons. The Morgan fingerprint density at radius 1 is 1.41 bits per heavy atom. The van der Waals surface area contributed by atoms with Gasteiger partial charge in [-0.05, 0) is 33.6 Å². The van der Waals surface area contributed by atoms with Gasteiger partial charge in [0, 0.05) is 5.92 Å². The molecule has 2 rings (SSSR count). The van der Waals surface area contributed by atoms with E-state index in [-0.39, 0.29) is 24.2 Å². The zero-order chi connectivity index (χ0) is 12.6. The minimum atomic E-state index is -0.488. The first kappa shape index (κ1) is 12.6. The van der Waals surface area contributed by atoms with Crippen molar-refractivity contribution in [3.63, 3.8) is 0 Å². The quantitative estimate of drug-likeness (QED) is 0.722. The van der Waals surface area contributed by atoms with E-state index in [1.807, 2.05) is 20.8 Å². The molecule has 2 fully saturated rings. The number of hydrogen-bond acceptors (Lipinski definition) is 4. The molecule has 1 aliphatic carbocycles. The Kier molecular flexibility index (Phi) is 3.32. The van der Waals surface area contributed by atoms with Crippen molar-refractivity contribution in [1.82, 2.24) is 5.32 Å². The molecule has 0 aromatic rings. The van der Waals surface area contributed by atoms with Gasteiger partial charge in [0.15, 0.2) is 0 Å². The van der Waals surface area contributed by atoms with Gasteiger partial charge in [0.2, 0.25) is 0 Å². The third-order valence-corrected chi connectivity index (χ3v) is 3.23. The van der Waals surface area contributed by atoms with E-state index in [1.54, 1.807) is 0 Å². The van der Waals surface area contributed by atoms with Crippen LogP contribution in [0.15, 0.2) is 0 Å². The summed E-state index contributed by atoms with van der Waals surface area (Å²) in [5, 5.41) is 12.4. The average molecular weight is 243 g/mol. The average Bonchev–Trinajstić information content (AvgIpc) is 2.63. The van der Waals surface area contributed by atoms with Gasteiger partial charge in [-0.1, -0.05) is 0 Å². The summed E-state index contributed by atoms with van der Waals surface area (Å²) >= 11 is 0. The van der Waals surface area contributed by atoms with Gasteiger partial charge in [0.1, 0.15) is 5.60 Å². The number of ether oxygens (including phenoxy) is 2. The summed E-state index contributed by atoms with van der Waals surface area (Å²) < 4.78 is 10.8. The lowest BCUT2D eigenvalue weighted by molar-refractivity contribution is 0.0472. The van der Waals surface area contributed by atoms with E-state index >= 15 is 0 Å². The van der Waals surface area contributed by atoms with E-state index in [1.165, 1.54) is 0 Å². The molecule has 0 bridgehead atoms. The Bertz CT molecular complexity index is 299. The molecule has 17 heavy (non-hydrogen) atoms. The first-order valence-corrected chi connectivity index (χ1v) is 6.14. The second-order valence-electron chi connectivity index (χ2n) is 5.91. The van der Waals surface area contributed by atoms with E-state index in [2.05, 4.69) is 5.32 Å². The van der Waals surface area contributed by atoms with Gasteiger partial charge in [-0.25, -0.2) is 4.79 Å². The molecule has 0 aromatic heterocycles. The van der Waals surface area contributed by atoms with Crippen LogP contribution in [-0.2, 0) is 9.47 Å². The molecule has 1 aliphatic heterocycles. The van der Waals surface area contributed by atoms with Crippen molar-refractivity contribution in [2.75, 3.05) is 6.61 Å². The minimum absolute atomic E-state index is 0.0352. The molecule has 1 amide bonds. The summed E-state index contributed by atoms with van der Waals surface area (Å²) in [7, 11) is 0. The van der Waals surface area contributed by atoms with Gasteiger partial charge in [-0.15, -0.1) is 0 Å². The topological polar surface area (TPSA) is 67.8 Å². The van der Waals surface area contributed by atoms with Crippen LogP contribution >= 0.6 is 0 Å². The molecule has 2 aliphatic rings. The summed E-state index contributed by atoms with van der Waals surface area (Å²) in [5.74, 6) is 0.220. The highest BCUT2D eigenvalue weighted by atomic mass is 16.6.